The molecule has 0 heterocycles. The summed E-state index contributed by atoms with van der Waals surface area (Å²) in [6.07, 6.45) is 2.67. The van der Waals surface area contributed by atoms with Crippen molar-refractivity contribution >= 4 is 41.6 Å². The van der Waals surface area contributed by atoms with Crippen molar-refractivity contribution in [3.8, 4) is 0 Å². The Morgan fingerprint density at radius 1 is 1.21 bits per heavy atom. The van der Waals surface area contributed by atoms with Crippen molar-refractivity contribution in [1.29, 1.82) is 0 Å². The van der Waals surface area contributed by atoms with E-state index in [0.717, 1.165) is 6.08 Å². The first-order valence-electron chi connectivity index (χ1n) is 3.73. The molecule has 0 atom stereocenters. The Bertz CT molecular complexity index is 281. The first kappa shape index (κ1) is 15.6. The van der Waals surface area contributed by atoms with Crippen LogP contribution in [0.1, 0.15) is 5.56 Å². The van der Waals surface area contributed by atoms with Crippen LogP contribution in [0.4, 0.5) is 0 Å². The number of aliphatic carboxylic acids is 1. The molecule has 1 N–H and O–H groups in total. The Balaban J connectivity index is 0. The van der Waals surface area contributed by atoms with Crippen molar-refractivity contribution in [2.24, 2.45) is 0 Å². The molecule has 0 fully saturated rings. The third-order valence-corrected chi connectivity index (χ3v) is 1.21. The fourth-order valence-corrected chi connectivity index (χ4v) is 0.589. The maximum absolute atomic E-state index is 9.25. The average Bonchev–Trinajstić information content (AvgIpc) is 2.20. The van der Waals surface area contributed by atoms with Crippen LogP contribution >= 0.6 is 0 Å². The molecule has 2 nitrogen and oxygen atoms in total. The van der Waals surface area contributed by atoms with Gasteiger partial charge >= 0.3 is 5.97 Å². The zero-order valence-electron chi connectivity index (χ0n) is 8.31. The smallest absolute Gasteiger partial charge is 0.327 e. The van der Waals surface area contributed by atoms with E-state index in [0.29, 0.717) is 0 Å². The Morgan fingerprint density at radius 2 is 1.64 bits per heavy atom. The molecule has 1 aromatic carbocycles. The van der Waals surface area contributed by atoms with Crippen molar-refractivity contribution in [2.75, 3.05) is 0 Å². The van der Waals surface area contributed by atoms with Crippen LogP contribution in [0.5, 0.6) is 0 Å². The van der Waals surface area contributed by atoms with E-state index in [1.54, 1.807) is 0 Å². The van der Waals surface area contributed by atoms with Crippen molar-refractivity contribution in [3.63, 3.8) is 0 Å². The summed E-state index contributed by atoms with van der Waals surface area (Å²) < 4.78 is 0. The Labute approximate surface area is 106 Å². The molecule has 0 unspecified atom stereocenters. The second-order valence-corrected chi connectivity index (χ2v) is 2.16. The SMILES string of the molecule is C=CC(=O)O.C=Cc1ccccc1.[Na]. The van der Waals surface area contributed by atoms with Gasteiger partial charge in [-0.1, -0.05) is 49.6 Å². The summed E-state index contributed by atoms with van der Waals surface area (Å²) >= 11 is 0. The maximum Gasteiger partial charge on any atom is 0.327 e. The summed E-state index contributed by atoms with van der Waals surface area (Å²) in [4.78, 5) is 9.25. The molecule has 0 aliphatic carbocycles. The maximum atomic E-state index is 9.25. The summed E-state index contributed by atoms with van der Waals surface area (Å²) in [6, 6.07) is 10.0. The van der Waals surface area contributed by atoms with Crippen LogP contribution in [0, 0.1) is 0 Å². The largest absolute Gasteiger partial charge is 0.478 e. The van der Waals surface area contributed by atoms with Crippen LogP contribution in [-0.2, 0) is 4.79 Å². The predicted molar refractivity (Wildman–Crippen MR) is 60.1 cm³/mol. The van der Waals surface area contributed by atoms with Crippen LogP contribution in [-0.4, -0.2) is 40.6 Å². The van der Waals surface area contributed by atoms with Crippen molar-refractivity contribution in [2.45, 2.75) is 0 Å². The van der Waals surface area contributed by atoms with Gasteiger partial charge in [-0.2, -0.15) is 0 Å². The predicted octanol–water partition coefficient (Wildman–Crippen LogP) is 2.21. The zero-order chi connectivity index (χ0) is 10.1. The number of hydrogen-bond donors (Lipinski definition) is 1. The molecule has 0 spiro atoms. The molecule has 3 heteroatoms. The van der Waals surface area contributed by atoms with Crippen LogP contribution in [0.2, 0.25) is 0 Å². The van der Waals surface area contributed by atoms with Gasteiger partial charge in [-0.25, -0.2) is 4.79 Å². The standard InChI is InChI=1S/C8H8.C3H4O2.Na/c1-2-8-6-4-3-5-7-8;1-2-3(4)5;/h2-7H,1H2;2H,1H2,(H,4,5);. The molecule has 0 aromatic heterocycles. The third kappa shape index (κ3) is 9.26. The summed E-state index contributed by atoms with van der Waals surface area (Å²) in [5.41, 5.74) is 1.17. The molecule has 0 amide bonds. The van der Waals surface area contributed by atoms with E-state index in [1.165, 1.54) is 5.56 Å². The molecule has 1 rings (SSSR count). The van der Waals surface area contributed by atoms with E-state index >= 15 is 0 Å². The van der Waals surface area contributed by atoms with E-state index in [-0.39, 0.29) is 29.6 Å². The minimum absolute atomic E-state index is 0. The summed E-state index contributed by atoms with van der Waals surface area (Å²) in [6.45, 7) is 6.59. The quantitative estimate of drug-likeness (QED) is 0.585. The van der Waals surface area contributed by atoms with Gasteiger partial charge < -0.3 is 5.11 Å². The average molecular weight is 199 g/mol. The molecule has 0 bridgehead atoms. The van der Waals surface area contributed by atoms with Gasteiger partial charge in [0.05, 0.1) is 0 Å². The molecule has 14 heavy (non-hydrogen) atoms. The summed E-state index contributed by atoms with van der Waals surface area (Å²) in [5, 5.41) is 7.60. The molecule has 1 radical (unpaired) electrons. The Kier molecular flexibility index (Phi) is 11.4. The van der Waals surface area contributed by atoms with E-state index in [9.17, 15) is 4.79 Å². The molecule has 1 aromatic rings. The number of rotatable bonds is 2. The van der Waals surface area contributed by atoms with Crippen molar-refractivity contribution < 1.29 is 9.90 Å². The topological polar surface area (TPSA) is 37.3 Å². The number of carboxylic acid groups (broad SMARTS) is 1. The second-order valence-electron chi connectivity index (χ2n) is 2.16. The third-order valence-electron chi connectivity index (χ3n) is 1.21. The Hall–Kier alpha value is -0.830. The second kappa shape index (κ2) is 10.3. The van der Waals surface area contributed by atoms with Gasteiger partial charge in [0.25, 0.3) is 0 Å². The molecular weight excluding hydrogens is 187 g/mol. The first-order chi connectivity index (χ1) is 6.20. The molecule has 0 saturated carbocycles. The zero-order valence-corrected chi connectivity index (χ0v) is 10.3. The van der Waals surface area contributed by atoms with Gasteiger partial charge in [0.1, 0.15) is 0 Å². The van der Waals surface area contributed by atoms with Crippen LogP contribution in [0.3, 0.4) is 0 Å². The fraction of sp³-hybridized carbons (Fsp3) is 0. The normalized spacial score (nSPS) is 7.14. The van der Waals surface area contributed by atoms with Crippen molar-refractivity contribution in [3.05, 3.63) is 55.1 Å². The van der Waals surface area contributed by atoms with E-state index < -0.39 is 5.97 Å². The van der Waals surface area contributed by atoms with Gasteiger partial charge in [0.15, 0.2) is 0 Å². The fourth-order valence-electron chi connectivity index (χ4n) is 0.589. The molecule has 0 aliphatic heterocycles. The van der Waals surface area contributed by atoms with Gasteiger partial charge in [-0.3, -0.25) is 0 Å². The minimum Gasteiger partial charge on any atom is -0.478 e. The number of carbonyl (C=O) groups is 1. The number of hydrogen-bond acceptors (Lipinski definition) is 1. The van der Waals surface area contributed by atoms with Gasteiger partial charge in [-0.15, -0.1) is 0 Å². The molecule has 69 valence electrons. The molecular formula is C11H12NaO2. The van der Waals surface area contributed by atoms with E-state index in [4.69, 9.17) is 5.11 Å². The monoisotopic (exact) mass is 199 g/mol. The summed E-state index contributed by atoms with van der Waals surface area (Å²) in [7, 11) is 0. The molecule has 0 saturated heterocycles. The molecule has 0 aliphatic rings. The summed E-state index contributed by atoms with van der Waals surface area (Å²) in [5.74, 6) is -0.981. The van der Waals surface area contributed by atoms with Crippen LogP contribution in [0.15, 0.2) is 49.6 Å². The van der Waals surface area contributed by atoms with Gasteiger partial charge in [0, 0.05) is 35.6 Å². The van der Waals surface area contributed by atoms with E-state index in [2.05, 4.69) is 13.2 Å². The van der Waals surface area contributed by atoms with E-state index in [1.807, 2.05) is 36.4 Å². The Morgan fingerprint density at radius 3 is 1.86 bits per heavy atom. The first-order valence-corrected chi connectivity index (χ1v) is 3.73. The van der Waals surface area contributed by atoms with Crippen molar-refractivity contribution in [1.82, 2.24) is 0 Å². The number of carboxylic acids is 1. The van der Waals surface area contributed by atoms with Crippen LogP contribution in [0.25, 0.3) is 6.08 Å². The van der Waals surface area contributed by atoms with Crippen LogP contribution < -0.4 is 0 Å². The van der Waals surface area contributed by atoms with Gasteiger partial charge in [0.2, 0.25) is 0 Å². The minimum atomic E-state index is -0.981. The number of benzene rings is 1. The van der Waals surface area contributed by atoms with Gasteiger partial charge in [-0.05, 0) is 5.56 Å².